The summed E-state index contributed by atoms with van der Waals surface area (Å²) in [6.07, 6.45) is 4.44. The standard InChI is InChI=1S/C12H17NS/c1-3-7-13-8-5-12-10(6-9-14-12)11(13)4-2/h3,6,9,11H,1,4-5,7-8H2,2H3. The van der Waals surface area contributed by atoms with Crippen molar-refractivity contribution in [3.63, 3.8) is 0 Å². The third kappa shape index (κ3) is 1.64. The van der Waals surface area contributed by atoms with E-state index in [1.807, 2.05) is 17.4 Å². The van der Waals surface area contributed by atoms with E-state index in [1.54, 1.807) is 10.4 Å². The van der Waals surface area contributed by atoms with Gasteiger partial charge < -0.3 is 0 Å². The topological polar surface area (TPSA) is 3.24 Å². The number of hydrogen-bond acceptors (Lipinski definition) is 2. The molecule has 2 heterocycles. The Bertz CT molecular complexity index is 316. The Labute approximate surface area is 90.1 Å². The predicted octanol–water partition coefficient (Wildman–Crippen LogP) is 3.24. The van der Waals surface area contributed by atoms with Crippen LogP contribution in [0.5, 0.6) is 0 Å². The maximum atomic E-state index is 3.83. The van der Waals surface area contributed by atoms with Crippen molar-refractivity contribution < 1.29 is 0 Å². The number of thiophene rings is 1. The predicted molar refractivity (Wildman–Crippen MR) is 62.8 cm³/mol. The number of fused-ring (bicyclic) bond motifs is 1. The first-order valence-electron chi connectivity index (χ1n) is 5.28. The van der Waals surface area contributed by atoms with Crippen molar-refractivity contribution in [3.8, 4) is 0 Å². The SMILES string of the molecule is C=CCN1CCc2sccc2C1CC. The zero-order valence-electron chi connectivity index (χ0n) is 8.70. The highest BCUT2D eigenvalue weighted by Gasteiger charge is 2.25. The van der Waals surface area contributed by atoms with Crippen molar-refractivity contribution in [2.24, 2.45) is 0 Å². The zero-order valence-corrected chi connectivity index (χ0v) is 9.52. The quantitative estimate of drug-likeness (QED) is 0.688. The van der Waals surface area contributed by atoms with Crippen LogP contribution in [0.15, 0.2) is 24.1 Å². The first-order valence-corrected chi connectivity index (χ1v) is 6.16. The molecule has 1 aliphatic heterocycles. The normalized spacial score (nSPS) is 21.9. The summed E-state index contributed by atoms with van der Waals surface area (Å²) in [5, 5.41) is 2.23. The molecule has 1 unspecified atom stereocenters. The average Bonchev–Trinajstić information content (AvgIpc) is 2.66. The van der Waals surface area contributed by atoms with Gasteiger partial charge >= 0.3 is 0 Å². The largest absolute Gasteiger partial charge is 0.292 e. The van der Waals surface area contributed by atoms with Crippen LogP contribution in [0.3, 0.4) is 0 Å². The van der Waals surface area contributed by atoms with E-state index in [0.29, 0.717) is 6.04 Å². The van der Waals surface area contributed by atoms with Crippen molar-refractivity contribution in [3.05, 3.63) is 34.5 Å². The van der Waals surface area contributed by atoms with Crippen LogP contribution in [0.25, 0.3) is 0 Å². The highest BCUT2D eigenvalue weighted by atomic mass is 32.1. The Balaban J connectivity index is 2.24. The lowest BCUT2D eigenvalue weighted by Crippen LogP contribution is -2.34. The molecule has 1 atom stereocenters. The van der Waals surface area contributed by atoms with E-state index in [0.717, 1.165) is 6.54 Å². The molecular weight excluding hydrogens is 190 g/mol. The zero-order chi connectivity index (χ0) is 9.97. The number of hydrogen-bond donors (Lipinski definition) is 0. The fourth-order valence-electron chi connectivity index (χ4n) is 2.31. The van der Waals surface area contributed by atoms with Gasteiger partial charge in [0.1, 0.15) is 0 Å². The minimum Gasteiger partial charge on any atom is -0.292 e. The molecule has 0 aliphatic carbocycles. The average molecular weight is 207 g/mol. The third-order valence-corrected chi connectivity index (χ3v) is 3.95. The molecule has 1 nitrogen and oxygen atoms in total. The molecule has 0 bridgehead atoms. The van der Waals surface area contributed by atoms with Gasteiger partial charge in [0.25, 0.3) is 0 Å². The molecule has 1 aromatic heterocycles. The molecule has 2 rings (SSSR count). The van der Waals surface area contributed by atoms with Gasteiger partial charge in [-0.15, -0.1) is 17.9 Å². The van der Waals surface area contributed by atoms with Gasteiger partial charge in [-0.05, 0) is 29.9 Å². The van der Waals surface area contributed by atoms with Crippen molar-refractivity contribution in [2.45, 2.75) is 25.8 Å². The molecule has 0 fully saturated rings. The van der Waals surface area contributed by atoms with E-state index >= 15 is 0 Å². The van der Waals surface area contributed by atoms with Gasteiger partial charge in [0, 0.05) is 24.0 Å². The Morgan fingerprint density at radius 3 is 3.29 bits per heavy atom. The second kappa shape index (κ2) is 4.28. The lowest BCUT2D eigenvalue weighted by Gasteiger charge is -2.34. The van der Waals surface area contributed by atoms with Gasteiger partial charge in [-0.1, -0.05) is 13.0 Å². The van der Waals surface area contributed by atoms with Crippen LogP contribution in [-0.4, -0.2) is 18.0 Å². The highest BCUT2D eigenvalue weighted by molar-refractivity contribution is 7.10. The van der Waals surface area contributed by atoms with Gasteiger partial charge in [0.2, 0.25) is 0 Å². The smallest absolute Gasteiger partial charge is 0.0359 e. The second-order valence-electron chi connectivity index (χ2n) is 3.76. The van der Waals surface area contributed by atoms with Crippen molar-refractivity contribution in [1.82, 2.24) is 4.90 Å². The molecule has 0 spiro atoms. The van der Waals surface area contributed by atoms with Gasteiger partial charge in [-0.2, -0.15) is 0 Å². The van der Waals surface area contributed by atoms with Crippen LogP contribution in [0.1, 0.15) is 29.8 Å². The van der Waals surface area contributed by atoms with Gasteiger partial charge in [-0.3, -0.25) is 4.90 Å². The van der Waals surface area contributed by atoms with E-state index in [9.17, 15) is 0 Å². The second-order valence-corrected chi connectivity index (χ2v) is 4.76. The fraction of sp³-hybridized carbons (Fsp3) is 0.500. The van der Waals surface area contributed by atoms with Gasteiger partial charge in [0.05, 0.1) is 0 Å². The summed E-state index contributed by atoms with van der Waals surface area (Å²) >= 11 is 1.91. The van der Waals surface area contributed by atoms with Crippen LogP contribution < -0.4 is 0 Å². The lowest BCUT2D eigenvalue weighted by molar-refractivity contribution is 0.202. The summed E-state index contributed by atoms with van der Waals surface area (Å²) in [6.45, 7) is 8.31. The summed E-state index contributed by atoms with van der Waals surface area (Å²) in [7, 11) is 0. The molecule has 0 radical (unpaired) electrons. The minimum absolute atomic E-state index is 0.628. The molecular formula is C12H17NS. The maximum absolute atomic E-state index is 3.83. The highest BCUT2D eigenvalue weighted by Crippen LogP contribution is 2.34. The summed E-state index contributed by atoms with van der Waals surface area (Å²) in [4.78, 5) is 4.12. The molecule has 0 amide bonds. The Morgan fingerprint density at radius 1 is 1.71 bits per heavy atom. The first kappa shape index (κ1) is 9.94. The molecule has 1 aliphatic rings. The maximum Gasteiger partial charge on any atom is 0.0359 e. The molecule has 0 saturated carbocycles. The van der Waals surface area contributed by atoms with Gasteiger partial charge in [-0.25, -0.2) is 0 Å². The van der Waals surface area contributed by atoms with Crippen LogP contribution in [0.4, 0.5) is 0 Å². The van der Waals surface area contributed by atoms with Gasteiger partial charge in [0.15, 0.2) is 0 Å². The van der Waals surface area contributed by atoms with Crippen LogP contribution in [-0.2, 0) is 6.42 Å². The Kier molecular flexibility index (Phi) is 3.04. The van der Waals surface area contributed by atoms with Crippen molar-refractivity contribution >= 4 is 11.3 Å². The van der Waals surface area contributed by atoms with Crippen LogP contribution in [0.2, 0.25) is 0 Å². The Hall–Kier alpha value is -0.600. The van der Waals surface area contributed by atoms with E-state index < -0.39 is 0 Å². The molecule has 0 saturated heterocycles. The monoisotopic (exact) mass is 207 g/mol. The molecule has 1 aromatic rings. The molecule has 2 heteroatoms. The first-order chi connectivity index (χ1) is 6.86. The summed E-state index contributed by atoms with van der Waals surface area (Å²) in [6, 6.07) is 2.92. The Morgan fingerprint density at radius 2 is 2.57 bits per heavy atom. The summed E-state index contributed by atoms with van der Waals surface area (Å²) in [5.74, 6) is 0. The van der Waals surface area contributed by atoms with E-state index in [-0.39, 0.29) is 0 Å². The number of rotatable bonds is 3. The fourth-order valence-corrected chi connectivity index (χ4v) is 3.24. The van der Waals surface area contributed by atoms with Crippen molar-refractivity contribution in [2.75, 3.05) is 13.1 Å². The van der Waals surface area contributed by atoms with E-state index in [2.05, 4.69) is 29.8 Å². The molecule has 14 heavy (non-hydrogen) atoms. The lowest BCUT2D eigenvalue weighted by atomic mass is 9.98. The van der Waals surface area contributed by atoms with E-state index in [1.165, 1.54) is 19.4 Å². The van der Waals surface area contributed by atoms with Crippen LogP contribution >= 0.6 is 11.3 Å². The molecule has 0 aromatic carbocycles. The molecule has 0 N–H and O–H groups in total. The molecule has 76 valence electrons. The third-order valence-electron chi connectivity index (χ3n) is 2.96. The van der Waals surface area contributed by atoms with Crippen LogP contribution in [0, 0.1) is 0 Å². The number of nitrogens with zero attached hydrogens (tertiary/aromatic N) is 1. The summed E-state index contributed by atoms with van der Waals surface area (Å²) < 4.78 is 0. The van der Waals surface area contributed by atoms with E-state index in [4.69, 9.17) is 0 Å². The minimum atomic E-state index is 0.628. The summed E-state index contributed by atoms with van der Waals surface area (Å²) in [5.41, 5.74) is 1.56. The van der Waals surface area contributed by atoms with Crippen molar-refractivity contribution in [1.29, 1.82) is 0 Å².